The number of unbranched alkanes of at least 4 members (excludes halogenated alkanes) is 1. The van der Waals surface area contributed by atoms with Crippen LogP contribution < -0.4 is 4.74 Å². The predicted octanol–water partition coefficient (Wildman–Crippen LogP) is 5.58. The highest BCUT2D eigenvalue weighted by molar-refractivity contribution is 5.26. The van der Waals surface area contributed by atoms with Crippen molar-refractivity contribution in [2.45, 2.75) is 57.2 Å². The van der Waals surface area contributed by atoms with Gasteiger partial charge in [0.05, 0.1) is 32.5 Å². The molecule has 3 atom stereocenters. The van der Waals surface area contributed by atoms with Crippen molar-refractivity contribution in [1.82, 2.24) is 0 Å². The minimum absolute atomic E-state index is 0.363. The molecule has 0 unspecified atom stereocenters. The van der Waals surface area contributed by atoms with Crippen molar-refractivity contribution in [3.05, 3.63) is 88.8 Å². The highest BCUT2D eigenvalue weighted by Crippen LogP contribution is 2.21. The summed E-state index contributed by atoms with van der Waals surface area (Å²) in [4.78, 5) is 2.79. The molecule has 0 amide bonds. The standard InChI is InChI=1S/C25H33N3O4/c1-3-9-23(31-18-20-10-5-4-6-11-20)25(29)24(12-7-8-17-27-28-26)32-19-21-13-15-22(30-2)16-14-21/h3-6,10-11,13-16,23-25,29H,1,7-9,12,17-19H2,2H3/t23-,24-,25+/m0/s1. The Kier molecular flexibility index (Phi) is 12.0. The minimum atomic E-state index is -0.825. The molecule has 7 heteroatoms. The molecule has 0 heterocycles. The fourth-order valence-corrected chi connectivity index (χ4v) is 3.34. The van der Waals surface area contributed by atoms with Gasteiger partial charge in [-0.25, -0.2) is 0 Å². The highest BCUT2D eigenvalue weighted by Gasteiger charge is 2.28. The lowest BCUT2D eigenvalue weighted by Crippen LogP contribution is -2.40. The summed E-state index contributed by atoms with van der Waals surface area (Å²) in [7, 11) is 1.63. The largest absolute Gasteiger partial charge is 0.497 e. The first-order valence-electron chi connectivity index (χ1n) is 10.9. The number of benzene rings is 2. The van der Waals surface area contributed by atoms with Crippen molar-refractivity contribution in [2.24, 2.45) is 5.11 Å². The van der Waals surface area contributed by atoms with Gasteiger partial charge < -0.3 is 19.3 Å². The van der Waals surface area contributed by atoms with Crippen LogP contribution in [0.2, 0.25) is 0 Å². The molecule has 7 nitrogen and oxygen atoms in total. The summed E-state index contributed by atoms with van der Waals surface area (Å²) in [5.74, 6) is 0.781. The first-order chi connectivity index (χ1) is 15.7. The van der Waals surface area contributed by atoms with Crippen LogP contribution in [0.3, 0.4) is 0 Å². The van der Waals surface area contributed by atoms with Gasteiger partial charge in [-0.05, 0) is 48.1 Å². The van der Waals surface area contributed by atoms with Gasteiger partial charge in [0.15, 0.2) is 0 Å². The van der Waals surface area contributed by atoms with E-state index in [1.54, 1.807) is 13.2 Å². The predicted molar refractivity (Wildman–Crippen MR) is 125 cm³/mol. The van der Waals surface area contributed by atoms with Gasteiger partial charge in [-0.2, -0.15) is 0 Å². The van der Waals surface area contributed by atoms with E-state index in [-0.39, 0.29) is 0 Å². The van der Waals surface area contributed by atoms with E-state index in [0.29, 0.717) is 32.6 Å². The van der Waals surface area contributed by atoms with Gasteiger partial charge in [-0.15, -0.1) is 6.58 Å². The summed E-state index contributed by atoms with van der Waals surface area (Å²) in [5.41, 5.74) is 10.5. The fraction of sp³-hybridized carbons (Fsp3) is 0.440. The molecule has 0 radical (unpaired) electrons. The third-order valence-electron chi connectivity index (χ3n) is 5.15. The second kappa shape index (κ2) is 15.1. The monoisotopic (exact) mass is 439 g/mol. The minimum Gasteiger partial charge on any atom is -0.497 e. The first-order valence-corrected chi connectivity index (χ1v) is 10.9. The van der Waals surface area contributed by atoms with E-state index in [2.05, 4.69) is 16.6 Å². The normalized spacial score (nSPS) is 13.6. The van der Waals surface area contributed by atoms with Crippen LogP contribution in [0.5, 0.6) is 5.75 Å². The van der Waals surface area contributed by atoms with E-state index in [0.717, 1.165) is 29.7 Å². The average Bonchev–Trinajstić information content (AvgIpc) is 2.84. The highest BCUT2D eigenvalue weighted by atomic mass is 16.5. The smallest absolute Gasteiger partial charge is 0.118 e. The van der Waals surface area contributed by atoms with E-state index in [9.17, 15) is 5.11 Å². The fourth-order valence-electron chi connectivity index (χ4n) is 3.34. The van der Waals surface area contributed by atoms with Crippen molar-refractivity contribution in [3.63, 3.8) is 0 Å². The van der Waals surface area contributed by atoms with Crippen molar-refractivity contribution in [1.29, 1.82) is 0 Å². The molecule has 0 aliphatic rings. The Morgan fingerprint density at radius 2 is 1.66 bits per heavy atom. The zero-order chi connectivity index (χ0) is 23.0. The number of rotatable bonds is 16. The van der Waals surface area contributed by atoms with Crippen molar-refractivity contribution in [3.8, 4) is 5.75 Å². The molecule has 0 aromatic heterocycles. The lowest BCUT2D eigenvalue weighted by atomic mass is 9.99. The number of ether oxygens (including phenoxy) is 3. The maximum Gasteiger partial charge on any atom is 0.118 e. The molecule has 2 rings (SSSR count). The molecular formula is C25H33N3O4. The number of hydrogen-bond donors (Lipinski definition) is 1. The van der Waals surface area contributed by atoms with Crippen LogP contribution in [0.1, 0.15) is 36.8 Å². The zero-order valence-corrected chi connectivity index (χ0v) is 18.7. The molecular weight excluding hydrogens is 406 g/mol. The first kappa shape index (κ1) is 25.4. The maximum absolute atomic E-state index is 11.1. The van der Waals surface area contributed by atoms with Crippen molar-refractivity contribution < 1.29 is 19.3 Å². The molecule has 0 spiro atoms. The van der Waals surface area contributed by atoms with Crippen LogP contribution in [0.15, 0.2) is 72.4 Å². The number of methoxy groups -OCH3 is 1. The summed E-state index contributed by atoms with van der Waals surface area (Å²) < 4.78 is 17.4. The molecule has 0 fully saturated rings. The van der Waals surface area contributed by atoms with Gasteiger partial charge in [-0.1, -0.05) is 60.1 Å². The Hall–Kier alpha value is -2.83. The maximum atomic E-state index is 11.1. The number of aliphatic hydroxyl groups is 1. The van der Waals surface area contributed by atoms with Crippen LogP contribution in [0.4, 0.5) is 0 Å². The number of azide groups is 1. The molecule has 0 bridgehead atoms. The topological polar surface area (TPSA) is 96.7 Å². The average molecular weight is 440 g/mol. The summed E-state index contributed by atoms with van der Waals surface area (Å²) in [6.45, 7) is 5.01. The molecule has 172 valence electrons. The van der Waals surface area contributed by atoms with Crippen molar-refractivity contribution >= 4 is 0 Å². The van der Waals surface area contributed by atoms with E-state index >= 15 is 0 Å². The number of aliphatic hydroxyl groups excluding tert-OH is 1. The lowest BCUT2D eigenvalue weighted by molar-refractivity contribution is -0.121. The van der Waals surface area contributed by atoms with E-state index in [1.807, 2.05) is 54.6 Å². The molecule has 2 aromatic rings. The van der Waals surface area contributed by atoms with E-state index in [4.69, 9.17) is 19.7 Å². The van der Waals surface area contributed by atoms with Crippen LogP contribution in [0.25, 0.3) is 10.4 Å². The molecule has 32 heavy (non-hydrogen) atoms. The summed E-state index contributed by atoms with van der Waals surface area (Å²) in [6.07, 6.45) is 2.69. The van der Waals surface area contributed by atoms with Gasteiger partial charge in [0.25, 0.3) is 0 Å². The summed E-state index contributed by atoms with van der Waals surface area (Å²) in [5, 5.41) is 14.7. The van der Waals surface area contributed by atoms with Gasteiger partial charge >= 0.3 is 0 Å². The Labute approximate surface area is 190 Å². The van der Waals surface area contributed by atoms with Gasteiger partial charge in [0, 0.05) is 11.5 Å². The SMILES string of the molecule is C=CC[C@H](OCc1ccccc1)[C@@H](O)[C@H](CCCCN=[N+]=[N-])OCc1ccc(OC)cc1. The second-order valence-corrected chi connectivity index (χ2v) is 7.50. The molecule has 2 aromatic carbocycles. The Morgan fingerprint density at radius 3 is 2.28 bits per heavy atom. The van der Waals surface area contributed by atoms with Crippen LogP contribution in [-0.4, -0.2) is 37.1 Å². The molecule has 0 aliphatic carbocycles. The number of nitrogens with zero attached hydrogens (tertiary/aromatic N) is 3. The van der Waals surface area contributed by atoms with Crippen LogP contribution in [-0.2, 0) is 22.7 Å². The van der Waals surface area contributed by atoms with E-state index in [1.165, 1.54) is 0 Å². The molecule has 0 saturated carbocycles. The Balaban J connectivity index is 2.02. The summed E-state index contributed by atoms with van der Waals surface area (Å²) >= 11 is 0. The van der Waals surface area contributed by atoms with Gasteiger partial charge in [0.1, 0.15) is 11.9 Å². The van der Waals surface area contributed by atoms with Crippen LogP contribution in [0, 0.1) is 0 Å². The lowest BCUT2D eigenvalue weighted by Gasteiger charge is -2.30. The Morgan fingerprint density at radius 1 is 1.00 bits per heavy atom. The van der Waals surface area contributed by atoms with Crippen molar-refractivity contribution in [2.75, 3.05) is 13.7 Å². The van der Waals surface area contributed by atoms with Gasteiger partial charge in [-0.3, -0.25) is 0 Å². The second-order valence-electron chi connectivity index (χ2n) is 7.50. The zero-order valence-electron chi connectivity index (χ0n) is 18.7. The third-order valence-corrected chi connectivity index (χ3v) is 5.15. The van der Waals surface area contributed by atoms with Crippen LogP contribution >= 0.6 is 0 Å². The molecule has 1 N–H and O–H groups in total. The summed E-state index contributed by atoms with van der Waals surface area (Å²) in [6, 6.07) is 17.5. The number of hydrogen-bond acceptors (Lipinski definition) is 5. The molecule has 0 saturated heterocycles. The Bertz CT molecular complexity index is 823. The third kappa shape index (κ3) is 9.12. The quantitative estimate of drug-likeness (QED) is 0.121. The molecule has 0 aliphatic heterocycles. The van der Waals surface area contributed by atoms with Gasteiger partial charge in [0.2, 0.25) is 0 Å². The van der Waals surface area contributed by atoms with E-state index < -0.39 is 18.3 Å².